The van der Waals surface area contributed by atoms with Gasteiger partial charge in [0.25, 0.3) is 0 Å². The van der Waals surface area contributed by atoms with Gasteiger partial charge < -0.3 is 25.4 Å². The van der Waals surface area contributed by atoms with E-state index < -0.39 is 0 Å². The molecule has 0 radical (unpaired) electrons. The summed E-state index contributed by atoms with van der Waals surface area (Å²) in [6, 6.07) is 0.166. The molecule has 1 atom stereocenters. The number of hydrogen-bond acceptors (Lipinski definition) is 4. The second kappa shape index (κ2) is 9.75. The molecule has 120 valence electrons. The van der Waals surface area contributed by atoms with Crippen LogP contribution in [0.15, 0.2) is 4.99 Å². The van der Waals surface area contributed by atoms with Gasteiger partial charge in [0.1, 0.15) is 0 Å². The van der Waals surface area contributed by atoms with Crippen molar-refractivity contribution < 1.29 is 9.47 Å². The van der Waals surface area contributed by atoms with Gasteiger partial charge in [0, 0.05) is 31.9 Å². The summed E-state index contributed by atoms with van der Waals surface area (Å²) in [5.41, 5.74) is 5.98. The Hall–Kier alpha value is -0.120. The Labute approximate surface area is 139 Å². The summed E-state index contributed by atoms with van der Waals surface area (Å²) < 4.78 is 10.5. The second-order valence-corrected chi connectivity index (χ2v) is 5.43. The number of likely N-dealkylation sites (N-methyl/N-ethyl adjacent to an activating group) is 1. The Morgan fingerprint density at radius 1 is 1.45 bits per heavy atom. The smallest absolute Gasteiger partial charge is 0.188 e. The van der Waals surface area contributed by atoms with E-state index in [2.05, 4.69) is 29.3 Å². The topological polar surface area (TPSA) is 72.1 Å². The zero-order valence-electron chi connectivity index (χ0n) is 13.0. The normalized spacial score (nSPS) is 20.4. The second-order valence-electron chi connectivity index (χ2n) is 5.43. The molecule has 1 aliphatic heterocycles. The molecule has 7 heteroatoms. The number of nitrogens with two attached hydrogens (primary N) is 1. The van der Waals surface area contributed by atoms with E-state index in [0.717, 1.165) is 26.1 Å². The Balaban J connectivity index is 0.00000361. The van der Waals surface area contributed by atoms with Crippen molar-refractivity contribution in [1.29, 1.82) is 0 Å². The van der Waals surface area contributed by atoms with Crippen molar-refractivity contribution in [3.8, 4) is 0 Å². The molecule has 0 aromatic rings. The fraction of sp³-hybridized carbons (Fsp3) is 0.923. The van der Waals surface area contributed by atoms with Crippen LogP contribution in [-0.4, -0.2) is 70.0 Å². The van der Waals surface area contributed by atoms with Gasteiger partial charge in [-0.2, -0.15) is 0 Å². The SMILES string of the molecule is COCC(C)NC(N)=NCC1(N(C)C)CCOCC1.I. The number of nitrogens with one attached hydrogen (secondary N) is 1. The monoisotopic (exact) mass is 400 g/mol. The Morgan fingerprint density at radius 2 is 2.05 bits per heavy atom. The number of halogens is 1. The minimum absolute atomic E-state index is 0. The predicted octanol–water partition coefficient (Wildman–Crippen LogP) is 0.654. The number of guanidine groups is 1. The summed E-state index contributed by atoms with van der Waals surface area (Å²) in [4.78, 5) is 6.73. The molecule has 1 aliphatic rings. The zero-order chi connectivity index (χ0) is 14.3. The molecule has 0 spiro atoms. The molecule has 0 bridgehead atoms. The summed E-state index contributed by atoms with van der Waals surface area (Å²) in [5, 5.41) is 3.13. The number of ether oxygens (including phenoxy) is 2. The van der Waals surface area contributed by atoms with Crippen molar-refractivity contribution >= 4 is 29.9 Å². The highest BCUT2D eigenvalue weighted by molar-refractivity contribution is 14.0. The van der Waals surface area contributed by atoms with Gasteiger partial charge in [-0.15, -0.1) is 24.0 Å². The number of nitrogens with zero attached hydrogens (tertiary/aromatic N) is 2. The van der Waals surface area contributed by atoms with E-state index >= 15 is 0 Å². The van der Waals surface area contributed by atoms with Crippen LogP contribution in [0.3, 0.4) is 0 Å². The third-order valence-corrected chi connectivity index (χ3v) is 3.73. The van der Waals surface area contributed by atoms with Crippen LogP contribution in [0.4, 0.5) is 0 Å². The quantitative estimate of drug-likeness (QED) is 0.389. The lowest BCUT2D eigenvalue weighted by Gasteiger charge is -2.41. The van der Waals surface area contributed by atoms with Crippen molar-refractivity contribution in [2.75, 3.05) is 47.6 Å². The first kappa shape index (κ1) is 19.9. The zero-order valence-corrected chi connectivity index (χ0v) is 15.3. The molecule has 0 aliphatic carbocycles. The van der Waals surface area contributed by atoms with Gasteiger partial charge in [-0.05, 0) is 33.9 Å². The molecule has 1 saturated heterocycles. The molecule has 1 heterocycles. The molecule has 3 N–H and O–H groups in total. The first-order valence-electron chi connectivity index (χ1n) is 6.81. The molecule has 1 fully saturated rings. The highest BCUT2D eigenvalue weighted by atomic mass is 127. The highest BCUT2D eigenvalue weighted by Gasteiger charge is 2.34. The van der Waals surface area contributed by atoms with Crippen LogP contribution in [0, 0.1) is 0 Å². The number of methoxy groups -OCH3 is 1. The van der Waals surface area contributed by atoms with E-state index in [1.54, 1.807) is 7.11 Å². The van der Waals surface area contributed by atoms with Crippen molar-refractivity contribution in [1.82, 2.24) is 10.2 Å². The first-order chi connectivity index (χ1) is 9.00. The third kappa shape index (κ3) is 6.11. The molecule has 1 rings (SSSR count). The van der Waals surface area contributed by atoms with Crippen molar-refractivity contribution in [2.24, 2.45) is 10.7 Å². The van der Waals surface area contributed by atoms with E-state index in [0.29, 0.717) is 19.1 Å². The van der Waals surface area contributed by atoms with Gasteiger partial charge in [-0.25, -0.2) is 0 Å². The van der Waals surface area contributed by atoms with Crippen LogP contribution in [0.1, 0.15) is 19.8 Å². The Bertz CT molecular complexity index is 294. The average Bonchev–Trinajstić information content (AvgIpc) is 2.37. The number of aliphatic imine (C=N–C) groups is 1. The number of hydrogen-bond donors (Lipinski definition) is 2. The van der Waals surface area contributed by atoms with Crippen LogP contribution in [0.25, 0.3) is 0 Å². The maximum absolute atomic E-state index is 5.91. The standard InChI is InChI=1S/C13H28N4O2.HI/c1-11(9-18-4)16-12(14)15-10-13(17(2)3)5-7-19-8-6-13;/h11H,5-10H2,1-4H3,(H3,14,15,16);1H. The minimum Gasteiger partial charge on any atom is -0.383 e. The van der Waals surface area contributed by atoms with Crippen molar-refractivity contribution in [3.63, 3.8) is 0 Å². The highest BCUT2D eigenvalue weighted by Crippen LogP contribution is 2.26. The molecule has 0 saturated carbocycles. The van der Waals surface area contributed by atoms with Gasteiger partial charge in [0.15, 0.2) is 5.96 Å². The van der Waals surface area contributed by atoms with Crippen LogP contribution in [0.2, 0.25) is 0 Å². The molecule has 6 nitrogen and oxygen atoms in total. The largest absolute Gasteiger partial charge is 0.383 e. The van der Waals surface area contributed by atoms with E-state index in [-0.39, 0.29) is 35.6 Å². The lowest BCUT2D eigenvalue weighted by atomic mass is 9.89. The predicted molar refractivity (Wildman–Crippen MR) is 92.8 cm³/mol. The van der Waals surface area contributed by atoms with E-state index in [1.165, 1.54) is 0 Å². The lowest BCUT2D eigenvalue weighted by molar-refractivity contribution is -0.00253. The van der Waals surface area contributed by atoms with E-state index in [1.807, 2.05) is 6.92 Å². The fourth-order valence-electron chi connectivity index (χ4n) is 2.32. The van der Waals surface area contributed by atoms with Crippen molar-refractivity contribution in [3.05, 3.63) is 0 Å². The van der Waals surface area contributed by atoms with E-state index in [4.69, 9.17) is 15.2 Å². The summed E-state index contributed by atoms with van der Waals surface area (Å²) in [6.07, 6.45) is 1.98. The van der Waals surface area contributed by atoms with Gasteiger partial charge in [0.05, 0.1) is 13.2 Å². The maximum atomic E-state index is 5.91. The first-order valence-corrected chi connectivity index (χ1v) is 6.81. The molecule has 1 unspecified atom stereocenters. The Kier molecular flexibility index (Phi) is 9.69. The Morgan fingerprint density at radius 3 is 2.55 bits per heavy atom. The van der Waals surface area contributed by atoms with Crippen LogP contribution >= 0.6 is 24.0 Å². The molecule has 0 aromatic carbocycles. The van der Waals surface area contributed by atoms with Gasteiger partial charge in [-0.1, -0.05) is 0 Å². The molecule has 20 heavy (non-hydrogen) atoms. The summed E-state index contributed by atoms with van der Waals surface area (Å²) in [6.45, 7) is 4.91. The van der Waals surface area contributed by atoms with Gasteiger partial charge in [0.2, 0.25) is 0 Å². The average molecular weight is 400 g/mol. The van der Waals surface area contributed by atoms with E-state index in [9.17, 15) is 0 Å². The van der Waals surface area contributed by atoms with Crippen molar-refractivity contribution in [2.45, 2.75) is 31.3 Å². The maximum Gasteiger partial charge on any atom is 0.188 e. The third-order valence-electron chi connectivity index (χ3n) is 3.73. The summed E-state index contributed by atoms with van der Waals surface area (Å²) in [7, 11) is 5.87. The van der Waals surface area contributed by atoms with Crippen LogP contribution in [-0.2, 0) is 9.47 Å². The molecule has 0 amide bonds. The summed E-state index contributed by atoms with van der Waals surface area (Å²) in [5.74, 6) is 0.484. The molecule has 0 aromatic heterocycles. The minimum atomic E-state index is 0. The van der Waals surface area contributed by atoms with Gasteiger partial charge >= 0.3 is 0 Å². The lowest BCUT2D eigenvalue weighted by Crippen LogP contribution is -2.52. The molecular weight excluding hydrogens is 371 g/mol. The van der Waals surface area contributed by atoms with Crippen LogP contribution < -0.4 is 11.1 Å². The molecular formula is C13H29IN4O2. The fourth-order valence-corrected chi connectivity index (χ4v) is 2.32. The summed E-state index contributed by atoms with van der Waals surface area (Å²) >= 11 is 0. The number of rotatable bonds is 6. The van der Waals surface area contributed by atoms with Crippen LogP contribution in [0.5, 0.6) is 0 Å². The van der Waals surface area contributed by atoms with Gasteiger partial charge in [-0.3, -0.25) is 4.99 Å².